The minimum absolute atomic E-state index is 0.00788. The van der Waals surface area contributed by atoms with Crippen LogP contribution < -0.4 is 0 Å². The van der Waals surface area contributed by atoms with Crippen LogP contribution in [0.15, 0.2) is 24.3 Å². The van der Waals surface area contributed by atoms with E-state index in [-0.39, 0.29) is 5.69 Å². The molecule has 0 aliphatic rings. The zero-order valence-corrected chi connectivity index (χ0v) is 9.67. The van der Waals surface area contributed by atoms with Gasteiger partial charge in [0.25, 0.3) is 5.69 Å². The van der Waals surface area contributed by atoms with E-state index in [0.717, 1.165) is 5.56 Å². The highest BCUT2D eigenvalue weighted by Crippen LogP contribution is 2.17. The Morgan fingerprint density at radius 1 is 1.47 bits per heavy atom. The summed E-state index contributed by atoms with van der Waals surface area (Å²) in [4.78, 5) is 21.2. The summed E-state index contributed by atoms with van der Waals surface area (Å²) in [6.45, 7) is 3.77. The maximum absolute atomic E-state index is 11.1. The molecule has 1 rings (SSSR count). The zero-order valence-electron chi connectivity index (χ0n) is 9.67. The number of nitro groups is 1. The van der Waals surface area contributed by atoms with Gasteiger partial charge in [-0.15, -0.1) is 0 Å². The number of carbonyl (C=O) groups excluding carboxylic acids is 1. The van der Waals surface area contributed by atoms with E-state index < -0.39 is 10.9 Å². The third-order valence-corrected chi connectivity index (χ3v) is 1.99. The number of ether oxygens (including phenoxy) is 1. The van der Waals surface area contributed by atoms with Crippen LogP contribution in [-0.2, 0) is 9.53 Å². The van der Waals surface area contributed by atoms with Gasteiger partial charge < -0.3 is 4.74 Å². The van der Waals surface area contributed by atoms with Crippen LogP contribution in [0, 0.1) is 17.0 Å². The number of rotatable bonds is 4. The van der Waals surface area contributed by atoms with Crippen LogP contribution in [0.1, 0.15) is 18.1 Å². The van der Waals surface area contributed by atoms with Crippen molar-refractivity contribution in [3.05, 3.63) is 45.5 Å². The van der Waals surface area contributed by atoms with Crippen LogP contribution in [0.5, 0.6) is 0 Å². The third-order valence-electron chi connectivity index (χ3n) is 1.99. The van der Waals surface area contributed by atoms with Gasteiger partial charge in [-0.25, -0.2) is 4.79 Å². The molecule has 0 atom stereocenters. The molecule has 0 N–H and O–H groups in total. The summed E-state index contributed by atoms with van der Waals surface area (Å²) in [6.07, 6.45) is 2.75. The Hall–Kier alpha value is -2.17. The van der Waals surface area contributed by atoms with Crippen LogP contribution in [0.3, 0.4) is 0 Å². The first-order chi connectivity index (χ1) is 8.02. The number of hydrogen-bond donors (Lipinski definition) is 0. The van der Waals surface area contributed by atoms with Gasteiger partial charge in [-0.3, -0.25) is 10.1 Å². The number of hydrogen-bond acceptors (Lipinski definition) is 4. The van der Waals surface area contributed by atoms with Crippen LogP contribution in [0.4, 0.5) is 5.69 Å². The van der Waals surface area contributed by atoms with E-state index in [2.05, 4.69) is 0 Å². The molecular weight excluding hydrogens is 222 g/mol. The van der Waals surface area contributed by atoms with Crippen LogP contribution in [-0.4, -0.2) is 17.5 Å². The summed E-state index contributed by atoms with van der Waals surface area (Å²) in [7, 11) is 0. The first-order valence-corrected chi connectivity index (χ1v) is 5.14. The van der Waals surface area contributed by atoms with Crippen molar-refractivity contribution in [2.24, 2.45) is 0 Å². The fourth-order valence-electron chi connectivity index (χ4n) is 1.35. The van der Waals surface area contributed by atoms with E-state index >= 15 is 0 Å². The molecule has 0 radical (unpaired) electrons. The maximum Gasteiger partial charge on any atom is 0.330 e. The normalized spacial score (nSPS) is 10.5. The van der Waals surface area contributed by atoms with E-state index in [0.29, 0.717) is 12.2 Å². The predicted octanol–water partition coefficient (Wildman–Crippen LogP) is 2.48. The molecule has 90 valence electrons. The molecule has 5 heteroatoms. The van der Waals surface area contributed by atoms with Crippen molar-refractivity contribution < 1.29 is 14.5 Å². The zero-order chi connectivity index (χ0) is 12.8. The van der Waals surface area contributed by atoms with Gasteiger partial charge in [0.15, 0.2) is 0 Å². The van der Waals surface area contributed by atoms with Crippen molar-refractivity contribution in [1.82, 2.24) is 0 Å². The molecule has 0 aromatic heterocycles. The first kappa shape index (κ1) is 12.9. The topological polar surface area (TPSA) is 69.4 Å². The van der Waals surface area contributed by atoms with Gasteiger partial charge in [0, 0.05) is 18.2 Å². The second-order valence-electron chi connectivity index (χ2n) is 3.44. The molecule has 5 nitrogen and oxygen atoms in total. The smallest absolute Gasteiger partial charge is 0.330 e. The lowest BCUT2D eigenvalue weighted by Gasteiger charge is -1.98. The number of aryl methyl sites for hydroxylation is 1. The van der Waals surface area contributed by atoms with E-state index in [1.165, 1.54) is 24.3 Å². The second-order valence-corrected chi connectivity index (χ2v) is 3.44. The number of benzene rings is 1. The Kier molecular flexibility index (Phi) is 4.39. The van der Waals surface area contributed by atoms with Crippen molar-refractivity contribution >= 4 is 17.7 Å². The summed E-state index contributed by atoms with van der Waals surface area (Å²) >= 11 is 0. The van der Waals surface area contributed by atoms with Crippen molar-refractivity contribution in [3.63, 3.8) is 0 Å². The van der Waals surface area contributed by atoms with Gasteiger partial charge in [-0.1, -0.05) is 6.07 Å². The summed E-state index contributed by atoms with van der Waals surface area (Å²) in [6, 6.07) is 4.63. The number of esters is 1. The summed E-state index contributed by atoms with van der Waals surface area (Å²) in [5.74, 6) is -0.461. The van der Waals surface area contributed by atoms with Crippen LogP contribution >= 0.6 is 0 Å². The van der Waals surface area contributed by atoms with Crippen molar-refractivity contribution in [3.8, 4) is 0 Å². The van der Waals surface area contributed by atoms with E-state index in [1.807, 2.05) is 0 Å². The van der Waals surface area contributed by atoms with Gasteiger partial charge >= 0.3 is 5.97 Å². The van der Waals surface area contributed by atoms with Crippen molar-refractivity contribution in [2.45, 2.75) is 13.8 Å². The minimum atomic E-state index is -0.464. The molecule has 0 unspecified atom stereocenters. The van der Waals surface area contributed by atoms with Crippen molar-refractivity contribution in [1.29, 1.82) is 0 Å². The van der Waals surface area contributed by atoms with Gasteiger partial charge in [0.2, 0.25) is 0 Å². The number of nitrogens with zero attached hydrogens (tertiary/aromatic N) is 1. The summed E-state index contributed by atoms with van der Waals surface area (Å²) < 4.78 is 4.71. The lowest BCUT2D eigenvalue weighted by Crippen LogP contribution is -1.98. The Labute approximate surface area is 98.9 Å². The average Bonchev–Trinajstić information content (AvgIpc) is 2.26. The molecule has 0 aliphatic heterocycles. The van der Waals surface area contributed by atoms with Crippen LogP contribution in [0.2, 0.25) is 0 Å². The highest BCUT2D eigenvalue weighted by Gasteiger charge is 2.06. The molecular formula is C12H13NO4. The summed E-state index contributed by atoms with van der Waals surface area (Å²) in [5, 5.41) is 10.6. The molecule has 1 aromatic rings. The molecule has 0 saturated heterocycles. The largest absolute Gasteiger partial charge is 0.463 e. The molecule has 0 saturated carbocycles. The van der Waals surface area contributed by atoms with Gasteiger partial charge in [-0.05, 0) is 31.1 Å². The van der Waals surface area contributed by atoms with Gasteiger partial charge in [-0.2, -0.15) is 0 Å². The first-order valence-electron chi connectivity index (χ1n) is 5.14. The summed E-state index contributed by atoms with van der Waals surface area (Å²) in [5.41, 5.74) is 1.38. The highest BCUT2D eigenvalue weighted by molar-refractivity contribution is 5.87. The molecule has 0 aliphatic carbocycles. The van der Waals surface area contributed by atoms with E-state index in [1.54, 1.807) is 19.9 Å². The van der Waals surface area contributed by atoms with Crippen molar-refractivity contribution in [2.75, 3.05) is 6.61 Å². The van der Waals surface area contributed by atoms with Gasteiger partial charge in [0.1, 0.15) is 0 Å². The predicted molar refractivity (Wildman–Crippen MR) is 63.5 cm³/mol. The number of nitro benzene ring substituents is 1. The van der Waals surface area contributed by atoms with Gasteiger partial charge in [0.05, 0.1) is 11.5 Å². The minimum Gasteiger partial charge on any atom is -0.463 e. The molecule has 0 heterocycles. The van der Waals surface area contributed by atoms with E-state index in [4.69, 9.17) is 4.74 Å². The fraction of sp³-hybridized carbons (Fsp3) is 0.250. The Morgan fingerprint density at radius 3 is 2.76 bits per heavy atom. The molecule has 0 spiro atoms. The number of non-ortho nitro benzene ring substituents is 1. The second kappa shape index (κ2) is 5.79. The third kappa shape index (κ3) is 4.06. The lowest BCUT2D eigenvalue weighted by molar-refractivity contribution is -0.384. The molecule has 0 amide bonds. The fourth-order valence-corrected chi connectivity index (χ4v) is 1.35. The lowest BCUT2D eigenvalue weighted by atomic mass is 10.1. The molecule has 0 fully saturated rings. The van der Waals surface area contributed by atoms with E-state index in [9.17, 15) is 14.9 Å². The monoisotopic (exact) mass is 235 g/mol. The SMILES string of the molecule is CCOC(=O)/C=C/c1cc(C)cc([N+](=O)[O-])c1. The number of carbonyl (C=O) groups is 1. The molecule has 1 aromatic carbocycles. The maximum atomic E-state index is 11.1. The standard InChI is InChI=1S/C12H13NO4/c1-3-17-12(14)5-4-10-6-9(2)7-11(8-10)13(15)16/h4-8H,3H2,1-2H3/b5-4+. The average molecular weight is 235 g/mol. The highest BCUT2D eigenvalue weighted by atomic mass is 16.6. The Balaban J connectivity index is 2.91. The quantitative estimate of drug-likeness (QED) is 0.348. The molecule has 17 heavy (non-hydrogen) atoms. The Bertz CT molecular complexity index is 466. The van der Waals surface area contributed by atoms with Crippen LogP contribution in [0.25, 0.3) is 6.08 Å². The molecule has 0 bridgehead atoms. The Morgan fingerprint density at radius 2 is 2.18 bits per heavy atom.